The summed E-state index contributed by atoms with van der Waals surface area (Å²) >= 11 is 3.37. The summed E-state index contributed by atoms with van der Waals surface area (Å²) in [6.07, 6.45) is 0.559. The van der Waals surface area contributed by atoms with Crippen LogP contribution < -0.4 is 0 Å². The number of carbonyl (C=O) groups excluding carboxylic acids is 1. The average Bonchev–Trinajstić information content (AvgIpc) is 2.03. The predicted molar refractivity (Wildman–Crippen MR) is 53.5 cm³/mol. The van der Waals surface area contributed by atoms with Gasteiger partial charge in [-0.2, -0.15) is 0 Å². The van der Waals surface area contributed by atoms with E-state index in [2.05, 4.69) is 15.9 Å². The molecule has 0 N–H and O–H groups in total. The van der Waals surface area contributed by atoms with E-state index < -0.39 is 0 Å². The van der Waals surface area contributed by atoms with Crippen LogP contribution in [0.1, 0.15) is 29.3 Å². The summed E-state index contributed by atoms with van der Waals surface area (Å²) in [5.41, 5.74) is 1.86. The van der Waals surface area contributed by atoms with Gasteiger partial charge in [-0.3, -0.25) is 4.79 Å². The first-order valence-electron chi connectivity index (χ1n) is 3.95. The Balaban J connectivity index is 3.21. The fourth-order valence-electron chi connectivity index (χ4n) is 1.16. The van der Waals surface area contributed by atoms with Crippen LogP contribution in [0.4, 0.5) is 0 Å². The van der Waals surface area contributed by atoms with Crippen LogP contribution in [0.2, 0.25) is 0 Å². The monoisotopic (exact) mass is 226 g/mol. The highest BCUT2D eigenvalue weighted by atomic mass is 79.9. The van der Waals surface area contributed by atoms with Gasteiger partial charge in [-0.15, -0.1) is 0 Å². The van der Waals surface area contributed by atoms with Crippen LogP contribution >= 0.6 is 15.9 Å². The number of Topliss-reactive ketones (excluding diaryl/α,β-unsaturated/α-hetero) is 1. The van der Waals surface area contributed by atoms with E-state index in [1.54, 1.807) is 0 Å². The SMILES string of the molecule is CCC(=O)c1c(C)cccc1Br. The van der Waals surface area contributed by atoms with Gasteiger partial charge in [0.1, 0.15) is 0 Å². The lowest BCUT2D eigenvalue weighted by atomic mass is 10.0. The van der Waals surface area contributed by atoms with Gasteiger partial charge in [0.2, 0.25) is 0 Å². The van der Waals surface area contributed by atoms with Gasteiger partial charge in [0, 0.05) is 16.5 Å². The molecule has 0 aromatic heterocycles. The van der Waals surface area contributed by atoms with Crippen molar-refractivity contribution in [3.05, 3.63) is 33.8 Å². The molecule has 0 spiro atoms. The summed E-state index contributed by atoms with van der Waals surface area (Å²) in [5, 5.41) is 0. The number of halogens is 1. The second kappa shape index (κ2) is 3.85. The van der Waals surface area contributed by atoms with Crippen molar-refractivity contribution in [1.29, 1.82) is 0 Å². The Morgan fingerprint density at radius 3 is 2.67 bits per heavy atom. The van der Waals surface area contributed by atoms with E-state index in [9.17, 15) is 4.79 Å². The van der Waals surface area contributed by atoms with Crippen molar-refractivity contribution < 1.29 is 4.79 Å². The van der Waals surface area contributed by atoms with Gasteiger partial charge in [-0.25, -0.2) is 0 Å². The number of hydrogen-bond acceptors (Lipinski definition) is 1. The number of rotatable bonds is 2. The zero-order chi connectivity index (χ0) is 9.14. The maximum atomic E-state index is 11.4. The summed E-state index contributed by atoms with van der Waals surface area (Å²) in [5.74, 6) is 0.194. The molecular weight excluding hydrogens is 216 g/mol. The van der Waals surface area contributed by atoms with Crippen molar-refractivity contribution in [3.63, 3.8) is 0 Å². The largest absolute Gasteiger partial charge is 0.294 e. The highest BCUT2D eigenvalue weighted by Crippen LogP contribution is 2.21. The molecule has 0 saturated heterocycles. The Labute approximate surface area is 80.9 Å². The molecular formula is C10H11BrO. The summed E-state index contributed by atoms with van der Waals surface area (Å²) in [7, 11) is 0. The molecule has 0 heterocycles. The Hall–Kier alpha value is -0.630. The first kappa shape index (κ1) is 9.46. The fourth-order valence-corrected chi connectivity index (χ4v) is 1.85. The number of benzene rings is 1. The summed E-state index contributed by atoms with van der Waals surface area (Å²) in [6, 6.07) is 5.79. The Morgan fingerprint density at radius 1 is 1.50 bits per heavy atom. The van der Waals surface area contributed by atoms with Gasteiger partial charge in [0.05, 0.1) is 0 Å². The molecule has 0 radical (unpaired) electrons. The molecule has 1 nitrogen and oxygen atoms in total. The first-order chi connectivity index (χ1) is 5.66. The van der Waals surface area contributed by atoms with Crippen molar-refractivity contribution in [2.24, 2.45) is 0 Å². The van der Waals surface area contributed by atoms with E-state index in [1.165, 1.54) is 0 Å². The zero-order valence-electron chi connectivity index (χ0n) is 7.23. The number of aryl methyl sites for hydroxylation is 1. The van der Waals surface area contributed by atoms with Crippen molar-refractivity contribution in [2.75, 3.05) is 0 Å². The lowest BCUT2D eigenvalue weighted by Crippen LogP contribution is -2.00. The van der Waals surface area contributed by atoms with Gasteiger partial charge in [-0.05, 0) is 18.6 Å². The number of carbonyl (C=O) groups is 1. The van der Waals surface area contributed by atoms with E-state index in [-0.39, 0.29) is 5.78 Å². The second-order valence-electron chi connectivity index (χ2n) is 2.71. The normalized spacial score (nSPS) is 9.92. The summed E-state index contributed by atoms with van der Waals surface area (Å²) in [6.45, 7) is 3.83. The van der Waals surface area contributed by atoms with Crippen molar-refractivity contribution in [2.45, 2.75) is 20.3 Å². The smallest absolute Gasteiger partial charge is 0.163 e. The highest BCUT2D eigenvalue weighted by Gasteiger charge is 2.09. The quantitative estimate of drug-likeness (QED) is 0.708. The zero-order valence-corrected chi connectivity index (χ0v) is 8.81. The minimum absolute atomic E-state index is 0.194. The third kappa shape index (κ3) is 1.75. The van der Waals surface area contributed by atoms with Crippen LogP contribution in [0.3, 0.4) is 0 Å². The van der Waals surface area contributed by atoms with Gasteiger partial charge in [0.15, 0.2) is 5.78 Å². The van der Waals surface area contributed by atoms with E-state index in [0.717, 1.165) is 15.6 Å². The molecule has 1 aromatic carbocycles. The van der Waals surface area contributed by atoms with E-state index >= 15 is 0 Å². The molecule has 0 aliphatic carbocycles. The molecule has 1 rings (SSSR count). The highest BCUT2D eigenvalue weighted by molar-refractivity contribution is 9.10. The average molecular weight is 227 g/mol. The molecule has 64 valence electrons. The molecule has 0 fully saturated rings. The third-order valence-corrected chi connectivity index (χ3v) is 2.48. The van der Waals surface area contributed by atoms with E-state index in [1.807, 2.05) is 32.0 Å². The molecule has 0 bridgehead atoms. The van der Waals surface area contributed by atoms with Crippen molar-refractivity contribution in [3.8, 4) is 0 Å². The molecule has 0 amide bonds. The maximum Gasteiger partial charge on any atom is 0.163 e. The number of hydrogen-bond donors (Lipinski definition) is 0. The molecule has 0 unspecified atom stereocenters. The van der Waals surface area contributed by atoms with Crippen LogP contribution in [0.5, 0.6) is 0 Å². The van der Waals surface area contributed by atoms with Crippen molar-refractivity contribution in [1.82, 2.24) is 0 Å². The minimum Gasteiger partial charge on any atom is -0.294 e. The standard InChI is InChI=1S/C10H11BrO/c1-3-9(12)10-7(2)5-4-6-8(10)11/h4-6H,3H2,1-2H3. The molecule has 0 atom stereocenters. The Kier molecular flexibility index (Phi) is 3.04. The van der Waals surface area contributed by atoms with Gasteiger partial charge in [-0.1, -0.05) is 35.0 Å². The molecule has 1 aromatic rings. The second-order valence-corrected chi connectivity index (χ2v) is 3.56. The van der Waals surface area contributed by atoms with Crippen LogP contribution in [0.15, 0.2) is 22.7 Å². The summed E-state index contributed by atoms with van der Waals surface area (Å²) < 4.78 is 0.898. The lowest BCUT2D eigenvalue weighted by Gasteiger charge is -2.04. The first-order valence-corrected chi connectivity index (χ1v) is 4.74. The molecule has 2 heteroatoms. The molecule has 0 aliphatic heterocycles. The maximum absolute atomic E-state index is 11.4. The summed E-state index contributed by atoms with van der Waals surface area (Å²) in [4.78, 5) is 11.4. The number of ketones is 1. The van der Waals surface area contributed by atoms with Gasteiger partial charge >= 0.3 is 0 Å². The molecule has 0 aliphatic rings. The topological polar surface area (TPSA) is 17.1 Å². The minimum atomic E-state index is 0.194. The Morgan fingerprint density at radius 2 is 2.17 bits per heavy atom. The lowest BCUT2D eigenvalue weighted by molar-refractivity contribution is 0.0987. The third-order valence-electron chi connectivity index (χ3n) is 1.82. The fraction of sp³-hybridized carbons (Fsp3) is 0.300. The molecule has 0 saturated carbocycles. The van der Waals surface area contributed by atoms with Crippen LogP contribution in [-0.2, 0) is 0 Å². The van der Waals surface area contributed by atoms with E-state index in [4.69, 9.17) is 0 Å². The van der Waals surface area contributed by atoms with Gasteiger partial charge < -0.3 is 0 Å². The van der Waals surface area contributed by atoms with Gasteiger partial charge in [0.25, 0.3) is 0 Å². The van der Waals surface area contributed by atoms with Crippen LogP contribution in [-0.4, -0.2) is 5.78 Å². The van der Waals surface area contributed by atoms with Crippen molar-refractivity contribution >= 4 is 21.7 Å². The Bertz CT molecular complexity index is 284. The predicted octanol–water partition coefficient (Wildman–Crippen LogP) is 3.35. The molecule has 12 heavy (non-hydrogen) atoms. The van der Waals surface area contributed by atoms with E-state index in [0.29, 0.717) is 6.42 Å². The van der Waals surface area contributed by atoms with Crippen LogP contribution in [0, 0.1) is 6.92 Å². The van der Waals surface area contributed by atoms with Crippen LogP contribution in [0.25, 0.3) is 0 Å².